The van der Waals surface area contributed by atoms with Crippen LogP contribution in [-0.4, -0.2) is 53.0 Å². The van der Waals surface area contributed by atoms with Crippen LogP contribution in [0.15, 0.2) is 45.9 Å². The van der Waals surface area contributed by atoms with E-state index in [1.165, 1.54) is 18.2 Å². The van der Waals surface area contributed by atoms with E-state index in [-0.39, 0.29) is 28.9 Å². The van der Waals surface area contributed by atoms with Crippen LogP contribution in [0.25, 0.3) is 0 Å². The third kappa shape index (κ3) is 4.34. The van der Waals surface area contributed by atoms with Gasteiger partial charge in [0.15, 0.2) is 0 Å². The molecule has 0 unspecified atom stereocenters. The molecule has 2 aliphatic rings. The second-order valence-electron chi connectivity index (χ2n) is 8.36. The number of rotatable bonds is 7. The van der Waals surface area contributed by atoms with E-state index in [2.05, 4.69) is 9.62 Å². The molecule has 0 radical (unpaired) electrons. The van der Waals surface area contributed by atoms with Crippen LogP contribution in [0, 0.1) is 12.8 Å². The number of sulfonamides is 2. The summed E-state index contributed by atoms with van der Waals surface area (Å²) in [5.74, 6) is -0.690. The molecule has 2 saturated heterocycles. The van der Waals surface area contributed by atoms with Crippen molar-refractivity contribution >= 4 is 31.6 Å². The van der Waals surface area contributed by atoms with Crippen LogP contribution < -0.4 is 9.03 Å². The van der Waals surface area contributed by atoms with Gasteiger partial charge < -0.3 is 4.42 Å². The molecule has 4 rings (SSSR count). The Labute approximate surface area is 188 Å². The molecule has 3 heterocycles. The average Bonchev–Trinajstić information content (AvgIpc) is 3.45. The molecule has 0 bridgehead atoms. The summed E-state index contributed by atoms with van der Waals surface area (Å²) in [6.45, 7) is 5.03. The Kier molecular flexibility index (Phi) is 6.19. The number of aryl methyl sites for hydroxylation is 1. The third-order valence-corrected chi connectivity index (χ3v) is 9.41. The molecule has 11 heteroatoms. The number of amides is 1. The van der Waals surface area contributed by atoms with E-state index in [9.17, 15) is 21.6 Å². The third-order valence-electron chi connectivity index (χ3n) is 5.96. The molecule has 174 valence electrons. The number of nitrogens with one attached hydrogen (secondary N) is 1. The lowest BCUT2D eigenvalue weighted by Gasteiger charge is -2.26. The maximum atomic E-state index is 13.1. The Bertz CT molecular complexity index is 1200. The van der Waals surface area contributed by atoms with Gasteiger partial charge >= 0.3 is 0 Å². The zero-order valence-electron chi connectivity index (χ0n) is 18.0. The lowest BCUT2D eigenvalue weighted by Crippen LogP contribution is -2.37. The van der Waals surface area contributed by atoms with Crippen LogP contribution in [0.1, 0.15) is 37.1 Å². The molecule has 32 heavy (non-hydrogen) atoms. The molecule has 0 spiro atoms. The largest absolute Gasteiger partial charge is 0.468 e. The molecule has 2 aliphatic heterocycles. The Balaban J connectivity index is 1.56. The summed E-state index contributed by atoms with van der Waals surface area (Å²) in [7, 11) is -7.63. The second kappa shape index (κ2) is 8.62. The van der Waals surface area contributed by atoms with E-state index >= 15 is 0 Å². The summed E-state index contributed by atoms with van der Waals surface area (Å²) in [5.41, 5.74) is 0.509. The van der Waals surface area contributed by atoms with Crippen LogP contribution in [0.2, 0.25) is 0 Å². The number of anilines is 1. The molecule has 1 aromatic carbocycles. The summed E-state index contributed by atoms with van der Waals surface area (Å²) in [5, 5.41) is 0. The first-order valence-corrected chi connectivity index (χ1v) is 13.6. The van der Waals surface area contributed by atoms with E-state index in [4.69, 9.17) is 4.42 Å². The maximum Gasteiger partial charge on any atom is 0.244 e. The van der Waals surface area contributed by atoms with E-state index in [1.807, 2.05) is 6.07 Å². The fourth-order valence-electron chi connectivity index (χ4n) is 4.36. The highest BCUT2D eigenvalue weighted by atomic mass is 32.2. The van der Waals surface area contributed by atoms with Gasteiger partial charge in [0.2, 0.25) is 26.0 Å². The van der Waals surface area contributed by atoms with Crippen LogP contribution in [-0.2, 0) is 24.8 Å². The van der Waals surface area contributed by atoms with Gasteiger partial charge in [-0.25, -0.2) is 25.9 Å². The van der Waals surface area contributed by atoms with E-state index < -0.39 is 31.9 Å². The number of carbonyl (C=O) groups is 1. The molecular weight excluding hydrogens is 454 g/mol. The Morgan fingerprint density at radius 1 is 1.22 bits per heavy atom. The molecule has 1 aromatic heterocycles. The highest BCUT2D eigenvalue weighted by molar-refractivity contribution is 7.94. The normalized spacial score (nSPS) is 22.5. The summed E-state index contributed by atoms with van der Waals surface area (Å²) in [4.78, 5) is 14.6. The van der Waals surface area contributed by atoms with E-state index in [1.54, 1.807) is 26.2 Å². The van der Waals surface area contributed by atoms with Gasteiger partial charge in [0, 0.05) is 6.54 Å². The number of hydrogen-bond acceptors (Lipinski definition) is 7. The predicted octanol–water partition coefficient (Wildman–Crippen LogP) is 2.02. The minimum Gasteiger partial charge on any atom is -0.468 e. The van der Waals surface area contributed by atoms with Crippen molar-refractivity contribution in [3.63, 3.8) is 0 Å². The maximum absolute atomic E-state index is 13.1. The van der Waals surface area contributed by atoms with Crippen molar-refractivity contribution in [2.24, 2.45) is 5.92 Å². The first-order valence-electron chi connectivity index (χ1n) is 10.5. The number of furan rings is 1. The zero-order valence-corrected chi connectivity index (χ0v) is 19.7. The van der Waals surface area contributed by atoms with Crippen molar-refractivity contribution < 1.29 is 26.0 Å². The van der Waals surface area contributed by atoms with Gasteiger partial charge in [0.05, 0.1) is 34.6 Å². The van der Waals surface area contributed by atoms with Gasteiger partial charge in [-0.15, -0.1) is 0 Å². The minimum atomic E-state index is -3.87. The van der Waals surface area contributed by atoms with Gasteiger partial charge in [0.25, 0.3) is 0 Å². The average molecular weight is 482 g/mol. The van der Waals surface area contributed by atoms with Gasteiger partial charge in [-0.05, 0) is 68.8 Å². The number of hydrogen-bond donors (Lipinski definition) is 1. The van der Waals surface area contributed by atoms with Gasteiger partial charge in [0.1, 0.15) is 5.76 Å². The topological polar surface area (TPSA) is 117 Å². The first-order chi connectivity index (χ1) is 15.1. The predicted molar refractivity (Wildman–Crippen MR) is 119 cm³/mol. The molecule has 9 nitrogen and oxygen atoms in total. The van der Waals surface area contributed by atoms with Crippen molar-refractivity contribution in [3.8, 4) is 0 Å². The van der Waals surface area contributed by atoms with E-state index in [0.29, 0.717) is 11.3 Å². The number of likely N-dealkylation sites (tertiary alicyclic amines) is 1. The number of nitrogens with zero attached hydrogens (tertiary/aromatic N) is 2. The smallest absolute Gasteiger partial charge is 0.244 e. The second-order valence-corrected chi connectivity index (χ2v) is 12.0. The lowest BCUT2D eigenvalue weighted by atomic mass is 10.2. The van der Waals surface area contributed by atoms with Crippen LogP contribution in [0.5, 0.6) is 0 Å². The zero-order chi connectivity index (χ0) is 23.1. The minimum absolute atomic E-state index is 0.0398. The van der Waals surface area contributed by atoms with Crippen molar-refractivity contribution in [2.75, 3.05) is 29.7 Å². The fraction of sp³-hybridized carbons (Fsp3) is 0.476. The number of carbonyl (C=O) groups excluding carboxylic acids is 1. The molecular formula is C21H27N3O6S2. The fourth-order valence-corrected chi connectivity index (χ4v) is 7.43. The Morgan fingerprint density at radius 2 is 1.94 bits per heavy atom. The van der Waals surface area contributed by atoms with Crippen molar-refractivity contribution in [1.29, 1.82) is 0 Å². The summed E-state index contributed by atoms with van der Waals surface area (Å²) < 4.78 is 59.8. The Morgan fingerprint density at radius 3 is 2.50 bits per heavy atom. The Hall–Kier alpha value is -2.21. The molecule has 0 saturated carbocycles. The van der Waals surface area contributed by atoms with Crippen molar-refractivity contribution in [3.05, 3.63) is 47.9 Å². The van der Waals surface area contributed by atoms with Crippen LogP contribution in [0.3, 0.4) is 0 Å². The SMILES string of the molecule is Cc1cc(N2C(=O)[C@H](C)CS2(=O)=O)ccc1S(=O)(=O)NC[C@@H](c1ccco1)N1CCCC1. The van der Waals surface area contributed by atoms with Crippen molar-refractivity contribution in [2.45, 2.75) is 37.6 Å². The summed E-state index contributed by atoms with van der Waals surface area (Å²) in [6.07, 6.45) is 3.69. The molecule has 2 fully saturated rings. The molecule has 2 aromatic rings. The molecule has 0 aliphatic carbocycles. The lowest BCUT2D eigenvalue weighted by molar-refractivity contribution is -0.119. The summed E-state index contributed by atoms with van der Waals surface area (Å²) >= 11 is 0. The quantitative estimate of drug-likeness (QED) is 0.643. The molecule has 1 amide bonds. The standard InChI is InChI=1S/C21H27N3O6S2/c1-15-12-17(24-21(25)16(2)14-31(24,26)27)7-8-20(15)32(28,29)22-13-18(19-6-5-11-30-19)23-9-3-4-10-23/h5-8,11-12,16,18,22H,3-4,9-10,13-14H2,1-2H3/t16-,18+/m1/s1. The van der Waals surface area contributed by atoms with Crippen LogP contribution >= 0.6 is 0 Å². The highest BCUT2D eigenvalue weighted by Gasteiger charge is 2.42. The van der Waals surface area contributed by atoms with Gasteiger partial charge in [-0.2, -0.15) is 0 Å². The number of benzene rings is 1. The van der Waals surface area contributed by atoms with Crippen molar-refractivity contribution in [1.82, 2.24) is 9.62 Å². The molecule has 1 N–H and O–H groups in total. The van der Waals surface area contributed by atoms with Crippen LogP contribution in [0.4, 0.5) is 5.69 Å². The van der Waals surface area contributed by atoms with E-state index in [0.717, 1.165) is 30.2 Å². The highest BCUT2D eigenvalue weighted by Crippen LogP contribution is 2.31. The molecule has 2 atom stereocenters. The van der Waals surface area contributed by atoms with Gasteiger partial charge in [-0.1, -0.05) is 6.92 Å². The monoisotopic (exact) mass is 481 g/mol. The summed E-state index contributed by atoms with van der Waals surface area (Å²) in [6, 6.07) is 7.54. The van der Waals surface area contributed by atoms with Gasteiger partial charge in [-0.3, -0.25) is 9.69 Å². The first kappa shape index (κ1) is 23.0.